The number of fused-ring (bicyclic) bond motifs is 1. The molecule has 3 rings (SSSR count). The van der Waals surface area contributed by atoms with Crippen molar-refractivity contribution in [3.05, 3.63) is 35.2 Å². The lowest BCUT2D eigenvalue weighted by atomic mass is 10.00. The maximum atomic E-state index is 12.1. The largest absolute Gasteiger partial charge is 0.378 e. The summed E-state index contributed by atoms with van der Waals surface area (Å²) in [5.41, 5.74) is 1.18. The van der Waals surface area contributed by atoms with Crippen molar-refractivity contribution in [1.82, 2.24) is 0 Å². The molecule has 20 heavy (non-hydrogen) atoms. The number of thiophene rings is 1. The molecular weight excluding hydrogens is 268 g/mol. The lowest BCUT2D eigenvalue weighted by molar-refractivity contribution is -0.119. The Bertz CT molecular complexity index is 581. The van der Waals surface area contributed by atoms with E-state index in [9.17, 15) is 4.79 Å². The van der Waals surface area contributed by atoms with Crippen LogP contribution in [0, 0.1) is 0 Å². The van der Waals surface area contributed by atoms with Crippen molar-refractivity contribution in [2.24, 2.45) is 0 Å². The average Bonchev–Trinajstić information content (AvgIpc) is 2.90. The minimum absolute atomic E-state index is 0.312. The van der Waals surface area contributed by atoms with Crippen LogP contribution in [-0.4, -0.2) is 18.5 Å². The molecule has 1 unspecified atom stereocenters. The summed E-state index contributed by atoms with van der Waals surface area (Å²) < 4.78 is 6.95. The number of hydrogen-bond donors (Lipinski definition) is 0. The molecule has 2 nitrogen and oxygen atoms in total. The number of carbonyl (C=O) groups is 1. The van der Waals surface area contributed by atoms with Crippen molar-refractivity contribution in [2.75, 3.05) is 6.61 Å². The second-order valence-electron chi connectivity index (χ2n) is 5.50. The first-order chi connectivity index (χ1) is 9.83. The van der Waals surface area contributed by atoms with Crippen LogP contribution in [0.5, 0.6) is 0 Å². The molecule has 0 radical (unpaired) electrons. The number of Topliss-reactive ketones (excluding diaryl/α,β-unsaturated/α-hetero) is 1. The summed E-state index contributed by atoms with van der Waals surface area (Å²) >= 11 is 1.73. The van der Waals surface area contributed by atoms with Gasteiger partial charge in [-0.1, -0.05) is 18.2 Å². The van der Waals surface area contributed by atoms with Gasteiger partial charge < -0.3 is 4.74 Å². The topological polar surface area (TPSA) is 26.3 Å². The summed E-state index contributed by atoms with van der Waals surface area (Å²) in [6.07, 6.45) is 5.95. The number of ketones is 1. The van der Waals surface area contributed by atoms with Crippen LogP contribution in [0.15, 0.2) is 29.6 Å². The van der Waals surface area contributed by atoms with Crippen molar-refractivity contribution < 1.29 is 9.53 Å². The summed E-state index contributed by atoms with van der Waals surface area (Å²) in [5, 5.41) is 3.36. The number of benzene rings is 1. The summed E-state index contributed by atoms with van der Waals surface area (Å²) in [7, 11) is 0. The fourth-order valence-corrected chi connectivity index (χ4v) is 3.79. The van der Waals surface area contributed by atoms with Gasteiger partial charge in [-0.3, -0.25) is 4.79 Å². The van der Waals surface area contributed by atoms with Gasteiger partial charge in [0.05, 0.1) is 6.10 Å². The quantitative estimate of drug-likeness (QED) is 0.817. The highest BCUT2D eigenvalue weighted by Crippen LogP contribution is 2.26. The van der Waals surface area contributed by atoms with Gasteiger partial charge in [0.15, 0.2) is 0 Å². The van der Waals surface area contributed by atoms with Crippen molar-refractivity contribution in [3.8, 4) is 0 Å². The summed E-state index contributed by atoms with van der Waals surface area (Å²) in [6, 6.07) is 8.31. The molecule has 2 heterocycles. The van der Waals surface area contributed by atoms with Gasteiger partial charge >= 0.3 is 0 Å². The van der Waals surface area contributed by atoms with E-state index in [1.54, 1.807) is 11.3 Å². The van der Waals surface area contributed by atoms with Gasteiger partial charge in [0.1, 0.15) is 5.78 Å². The highest BCUT2D eigenvalue weighted by molar-refractivity contribution is 7.17. The van der Waals surface area contributed by atoms with Crippen molar-refractivity contribution in [3.63, 3.8) is 0 Å². The first-order valence-corrected chi connectivity index (χ1v) is 8.29. The van der Waals surface area contributed by atoms with Gasteiger partial charge in [0.2, 0.25) is 0 Å². The summed E-state index contributed by atoms with van der Waals surface area (Å²) in [6.45, 7) is 0.869. The van der Waals surface area contributed by atoms with Crippen LogP contribution >= 0.6 is 11.3 Å². The number of rotatable bonds is 5. The van der Waals surface area contributed by atoms with E-state index in [4.69, 9.17) is 4.74 Å². The Morgan fingerprint density at radius 1 is 1.30 bits per heavy atom. The van der Waals surface area contributed by atoms with Crippen LogP contribution in [0.25, 0.3) is 10.1 Å². The molecule has 106 valence electrons. The third-order valence-electron chi connectivity index (χ3n) is 3.97. The Labute approximate surface area is 123 Å². The third-order valence-corrected chi connectivity index (χ3v) is 4.98. The van der Waals surface area contributed by atoms with E-state index in [1.807, 2.05) is 12.1 Å². The van der Waals surface area contributed by atoms with E-state index >= 15 is 0 Å². The standard InChI is InChI=1S/C17H20O2S/c18-14(8-9-15-5-3-4-10-19-15)11-13-12-20-17-7-2-1-6-16(13)17/h1-2,6-7,12,15H,3-5,8-11H2. The lowest BCUT2D eigenvalue weighted by Crippen LogP contribution is -2.20. The SMILES string of the molecule is O=C(CCC1CCCCO1)Cc1csc2ccccc12. The maximum absolute atomic E-state index is 12.1. The van der Waals surface area contributed by atoms with Crippen LogP contribution in [-0.2, 0) is 16.0 Å². The van der Waals surface area contributed by atoms with Gasteiger partial charge in [-0.2, -0.15) is 0 Å². The Morgan fingerprint density at radius 2 is 2.20 bits per heavy atom. The number of hydrogen-bond acceptors (Lipinski definition) is 3. The molecule has 1 fully saturated rings. The second-order valence-corrected chi connectivity index (χ2v) is 6.41. The molecule has 0 spiro atoms. The Kier molecular flexibility index (Phi) is 4.48. The van der Waals surface area contributed by atoms with Crippen molar-refractivity contribution in [1.29, 1.82) is 0 Å². The first-order valence-electron chi connectivity index (χ1n) is 7.41. The summed E-state index contributed by atoms with van der Waals surface area (Å²) in [4.78, 5) is 12.1. The molecular formula is C17H20O2S. The van der Waals surface area contributed by atoms with E-state index in [1.165, 1.54) is 28.5 Å². The fourth-order valence-electron chi connectivity index (χ4n) is 2.83. The Morgan fingerprint density at radius 3 is 3.05 bits per heavy atom. The molecule has 2 aromatic rings. The van der Waals surface area contributed by atoms with Crippen molar-refractivity contribution >= 4 is 27.2 Å². The van der Waals surface area contributed by atoms with E-state index in [0.717, 1.165) is 19.4 Å². The van der Waals surface area contributed by atoms with Crippen LogP contribution in [0.2, 0.25) is 0 Å². The normalized spacial score (nSPS) is 19.3. The predicted octanol–water partition coefficient (Wildman–Crippen LogP) is 4.36. The minimum atomic E-state index is 0.312. The molecule has 0 bridgehead atoms. The molecule has 0 aliphatic carbocycles. The fraction of sp³-hybridized carbons (Fsp3) is 0.471. The molecule has 1 aliphatic rings. The molecule has 1 aromatic heterocycles. The van der Waals surface area contributed by atoms with E-state index in [-0.39, 0.29) is 0 Å². The predicted molar refractivity (Wildman–Crippen MR) is 83.4 cm³/mol. The van der Waals surface area contributed by atoms with E-state index in [2.05, 4.69) is 17.5 Å². The van der Waals surface area contributed by atoms with Gasteiger partial charge in [0.25, 0.3) is 0 Å². The van der Waals surface area contributed by atoms with Gasteiger partial charge in [-0.15, -0.1) is 11.3 Å². The van der Waals surface area contributed by atoms with Gasteiger partial charge in [-0.05, 0) is 48.1 Å². The molecule has 0 amide bonds. The van der Waals surface area contributed by atoms with Crippen LogP contribution in [0.4, 0.5) is 0 Å². The Hall–Kier alpha value is -1.19. The Balaban J connectivity index is 1.55. The van der Waals surface area contributed by atoms with Gasteiger partial charge in [-0.25, -0.2) is 0 Å². The summed E-state index contributed by atoms with van der Waals surface area (Å²) in [5.74, 6) is 0.336. The highest BCUT2D eigenvalue weighted by atomic mass is 32.1. The third kappa shape index (κ3) is 3.28. The molecule has 0 N–H and O–H groups in total. The first kappa shape index (κ1) is 13.8. The average molecular weight is 288 g/mol. The van der Waals surface area contributed by atoms with Crippen LogP contribution < -0.4 is 0 Å². The monoisotopic (exact) mass is 288 g/mol. The second kappa shape index (κ2) is 6.51. The minimum Gasteiger partial charge on any atom is -0.378 e. The molecule has 1 atom stereocenters. The van der Waals surface area contributed by atoms with Gasteiger partial charge in [0, 0.05) is 24.1 Å². The smallest absolute Gasteiger partial charge is 0.137 e. The van der Waals surface area contributed by atoms with E-state index in [0.29, 0.717) is 24.7 Å². The molecule has 1 aliphatic heterocycles. The zero-order valence-corrected chi connectivity index (χ0v) is 12.5. The van der Waals surface area contributed by atoms with Crippen LogP contribution in [0.1, 0.15) is 37.7 Å². The van der Waals surface area contributed by atoms with Crippen LogP contribution in [0.3, 0.4) is 0 Å². The maximum Gasteiger partial charge on any atom is 0.137 e. The molecule has 1 saturated heterocycles. The zero-order chi connectivity index (χ0) is 13.8. The molecule has 3 heteroatoms. The molecule has 0 saturated carbocycles. The zero-order valence-electron chi connectivity index (χ0n) is 11.6. The number of carbonyl (C=O) groups excluding carboxylic acids is 1. The van der Waals surface area contributed by atoms with E-state index < -0.39 is 0 Å². The highest BCUT2D eigenvalue weighted by Gasteiger charge is 2.16. The number of ether oxygens (including phenoxy) is 1. The lowest BCUT2D eigenvalue weighted by Gasteiger charge is -2.22. The van der Waals surface area contributed by atoms with Crippen molar-refractivity contribution in [2.45, 2.75) is 44.6 Å². The molecule has 1 aromatic carbocycles.